The number of nitrogens with zero attached hydrogens (tertiary/aromatic N) is 1. The van der Waals surface area contributed by atoms with Crippen LogP contribution in [0.1, 0.15) is 6.42 Å². The zero-order valence-electron chi connectivity index (χ0n) is 8.53. The number of fused-ring (bicyclic) bond motifs is 1. The Kier molecular flexibility index (Phi) is 2.03. The lowest BCUT2D eigenvalue weighted by Gasteiger charge is -2.21. The Morgan fingerprint density at radius 1 is 1.13 bits per heavy atom. The molecule has 3 heterocycles. The van der Waals surface area contributed by atoms with E-state index in [0.29, 0.717) is 18.3 Å². The Morgan fingerprint density at radius 3 is 2.33 bits per heavy atom. The largest absolute Gasteiger partial charge is 0.316 e. The summed E-state index contributed by atoms with van der Waals surface area (Å²) in [5, 5.41) is 5.74. The Labute approximate surface area is 88.2 Å². The number of rotatable bonds is 1. The first-order valence-corrected chi connectivity index (χ1v) is 5.52. The zero-order valence-corrected chi connectivity index (χ0v) is 8.53. The Hall–Kier alpha value is -0.940. The molecule has 15 heavy (non-hydrogen) atoms. The van der Waals surface area contributed by atoms with Gasteiger partial charge in [-0.2, -0.15) is 0 Å². The number of nitrogens with one attached hydrogen (secondary N) is 2. The Morgan fingerprint density at radius 2 is 1.80 bits per heavy atom. The van der Waals surface area contributed by atoms with E-state index in [-0.39, 0.29) is 17.9 Å². The van der Waals surface area contributed by atoms with Gasteiger partial charge in [0.15, 0.2) is 0 Å². The van der Waals surface area contributed by atoms with Crippen LogP contribution in [-0.4, -0.2) is 48.9 Å². The van der Waals surface area contributed by atoms with Crippen LogP contribution >= 0.6 is 0 Å². The molecule has 5 heteroatoms. The summed E-state index contributed by atoms with van der Waals surface area (Å²) in [7, 11) is 0. The van der Waals surface area contributed by atoms with Gasteiger partial charge in [0, 0.05) is 13.1 Å². The van der Waals surface area contributed by atoms with E-state index in [9.17, 15) is 9.59 Å². The van der Waals surface area contributed by atoms with Crippen LogP contribution in [0, 0.1) is 11.8 Å². The van der Waals surface area contributed by atoms with Crippen LogP contribution in [0.15, 0.2) is 0 Å². The van der Waals surface area contributed by atoms with E-state index < -0.39 is 0 Å². The number of amides is 2. The minimum atomic E-state index is -0.192. The normalized spacial score (nSPS) is 40.9. The summed E-state index contributed by atoms with van der Waals surface area (Å²) in [4.78, 5) is 24.8. The van der Waals surface area contributed by atoms with Gasteiger partial charge in [0.05, 0.1) is 12.5 Å². The maximum Gasteiger partial charge on any atom is 0.244 e. The number of imide groups is 1. The van der Waals surface area contributed by atoms with Gasteiger partial charge in [0.25, 0.3) is 0 Å². The van der Waals surface area contributed by atoms with Gasteiger partial charge in [-0.05, 0) is 24.9 Å². The molecule has 5 nitrogen and oxygen atoms in total. The van der Waals surface area contributed by atoms with Crippen molar-refractivity contribution in [1.29, 1.82) is 0 Å². The summed E-state index contributed by atoms with van der Waals surface area (Å²) in [5.74, 6) is 1.12. The fourth-order valence-electron chi connectivity index (χ4n) is 2.98. The van der Waals surface area contributed by atoms with Gasteiger partial charge < -0.3 is 5.32 Å². The maximum absolute atomic E-state index is 11.5. The third kappa shape index (κ3) is 1.46. The minimum absolute atomic E-state index is 0.104. The molecule has 0 spiro atoms. The molecule has 3 rings (SSSR count). The van der Waals surface area contributed by atoms with E-state index >= 15 is 0 Å². The fourth-order valence-corrected chi connectivity index (χ4v) is 2.98. The lowest BCUT2D eigenvalue weighted by atomic mass is 10.0. The molecule has 0 aromatic heterocycles. The maximum atomic E-state index is 11.5. The lowest BCUT2D eigenvalue weighted by Crippen LogP contribution is -2.40. The van der Waals surface area contributed by atoms with Crippen LogP contribution < -0.4 is 10.6 Å². The van der Waals surface area contributed by atoms with Crippen LogP contribution in [0.5, 0.6) is 0 Å². The molecule has 3 fully saturated rings. The SMILES string of the molecule is O=C1CC(N2C[C@H]3CNC[C@H]3C2)C(=O)N1. The van der Waals surface area contributed by atoms with Crippen molar-refractivity contribution in [3.63, 3.8) is 0 Å². The average molecular weight is 209 g/mol. The van der Waals surface area contributed by atoms with Crippen molar-refractivity contribution in [3.8, 4) is 0 Å². The monoisotopic (exact) mass is 209 g/mol. The Bertz CT molecular complexity index is 306. The van der Waals surface area contributed by atoms with Crippen molar-refractivity contribution < 1.29 is 9.59 Å². The van der Waals surface area contributed by atoms with Crippen molar-refractivity contribution in [3.05, 3.63) is 0 Å². The van der Waals surface area contributed by atoms with E-state index in [2.05, 4.69) is 15.5 Å². The van der Waals surface area contributed by atoms with Gasteiger partial charge in [-0.3, -0.25) is 19.8 Å². The van der Waals surface area contributed by atoms with Gasteiger partial charge in [-0.15, -0.1) is 0 Å². The van der Waals surface area contributed by atoms with Gasteiger partial charge >= 0.3 is 0 Å². The molecule has 3 aliphatic heterocycles. The van der Waals surface area contributed by atoms with Gasteiger partial charge in [0.1, 0.15) is 0 Å². The standard InChI is InChI=1S/C10H15N3O2/c14-9-1-8(10(15)12-9)13-4-6-2-11-3-7(6)5-13/h6-8,11H,1-5H2,(H,12,14,15)/t6-,7+,8?. The molecule has 82 valence electrons. The quantitative estimate of drug-likeness (QED) is 0.519. The first kappa shape index (κ1) is 9.30. The van der Waals surface area contributed by atoms with Crippen LogP contribution in [0.25, 0.3) is 0 Å². The lowest BCUT2D eigenvalue weighted by molar-refractivity contribution is -0.126. The summed E-state index contributed by atoms with van der Waals surface area (Å²) in [6.45, 7) is 4.04. The number of carbonyl (C=O) groups is 2. The van der Waals surface area contributed by atoms with Gasteiger partial charge in [0.2, 0.25) is 11.8 Å². The predicted octanol–water partition coefficient (Wildman–Crippen LogP) is -1.45. The number of likely N-dealkylation sites (tertiary alicyclic amines) is 1. The summed E-state index contributed by atoms with van der Waals surface area (Å²) in [5.41, 5.74) is 0. The summed E-state index contributed by atoms with van der Waals surface area (Å²) in [6, 6.07) is -0.192. The van der Waals surface area contributed by atoms with Crippen molar-refractivity contribution in [2.75, 3.05) is 26.2 Å². The molecule has 0 radical (unpaired) electrons. The molecule has 3 aliphatic rings. The molecule has 0 bridgehead atoms. The molecule has 2 N–H and O–H groups in total. The summed E-state index contributed by atoms with van der Waals surface area (Å²) >= 11 is 0. The van der Waals surface area contributed by atoms with Crippen LogP contribution in [0.4, 0.5) is 0 Å². The molecule has 0 aromatic carbocycles. The number of carbonyl (C=O) groups excluding carboxylic acids is 2. The van der Waals surface area contributed by atoms with E-state index in [0.717, 1.165) is 26.2 Å². The molecule has 3 saturated heterocycles. The number of hydrogen-bond acceptors (Lipinski definition) is 4. The Balaban J connectivity index is 1.69. The van der Waals surface area contributed by atoms with E-state index in [1.165, 1.54) is 0 Å². The first-order valence-electron chi connectivity index (χ1n) is 5.52. The molecule has 0 saturated carbocycles. The highest BCUT2D eigenvalue weighted by atomic mass is 16.2. The van der Waals surface area contributed by atoms with Crippen LogP contribution in [-0.2, 0) is 9.59 Å². The second-order valence-corrected chi connectivity index (χ2v) is 4.76. The minimum Gasteiger partial charge on any atom is -0.316 e. The first-order chi connectivity index (χ1) is 7.24. The molecular formula is C10H15N3O2. The second kappa shape index (κ2) is 3.28. The topological polar surface area (TPSA) is 61.4 Å². The molecule has 3 atom stereocenters. The predicted molar refractivity (Wildman–Crippen MR) is 53.0 cm³/mol. The third-order valence-electron chi connectivity index (χ3n) is 3.80. The highest BCUT2D eigenvalue weighted by Gasteiger charge is 2.43. The molecule has 0 aliphatic carbocycles. The smallest absolute Gasteiger partial charge is 0.244 e. The zero-order chi connectivity index (χ0) is 10.4. The summed E-state index contributed by atoms with van der Waals surface area (Å²) in [6.07, 6.45) is 0.353. The van der Waals surface area contributed by atoms with Crippen molar-refractivity contribution in [2.24, 2.45) is 11.8 Å². The number of hydrogen-bond donors (Lipinski definition) is 2. The van der Waals surface area contributed by atoms with Crippen LogP contribution in [0.3, 0.4) is 0 Å². The highest BCUT2D eigenvalue weighted by Crippen LogP contribution is 2.29. The summed E-state index contributed by atoms with van der Waals surface area (Å²) < 4.78 is 0. The molecular weight excluding hydrogens is 194 g/mol. The van der Waals surface area contributed by atoms with Gasteiger partial charge in [-0.1, -0.05) is 0 Å². The average Bonchev–Trinajstić information content (AvgIpc) is 2.77. The third-order valence-corrected chi connectivity index (χ3v) is 3.80. The molecule has 0 aromatic rings. The van der Waals surface area contributed by atoms with Crippen molar-refractivity contribution in [2.45, 2.75) is 12.5 Å². The van der Waals surface area contributed by atoms with Crippen molar-refractivity contribution >= 4 is 11.8 Å². The van der Waals surface area contributed by atoms with E-state index in [1.54, 1.807) is 0 Å². The molecule has 1 unspecified atom stereocenters. The van der Waals surface area contributed by atoms with Crippen LogP contribution in [0.2, 0.25) is 0 Å². The highest BCUT2D eigenvalue weighted by molar-refractivity contribution is 6.05. The second-order valence-electron chi connectivity index (χ2n) is 4.76. The fraction of sp³-hybridized carbons (Fsp3) is 0.800. The van der Waals surface area contributed by atoms with Crippen molar-refractivity contribution in [1.82, 2.24) is 15.5 Å². The van der Waals surface area contributed by atoms with E-state index in [1.807, 2.05) is 0 Å². The van der Waals surface area contributed by atoms with Gasteiger partial charge in [-0.25, -0.2) is 0 Å². The molecule has 2 amide bonds. The van der Waals surface area contributed by atoms with E-state index in [4.69, 9.17) is 0 Å².